The van der Waals surface area contributed by atoms with E-state index in [9.17, 15) is 0 Å². The van der Waals surface area contributed by atoms with Gasteiger partial charge in [-0.25, -0.2) is 4.68 Å². The Balaban J connectivity index is 1.92. The molecule has 0 saturated heterocycles. The number of nitrogens with zero attached hydrogens (tertiary/aromatic N) is 2. The number of nitrogens with one attached hydrogen (secondary N) is 1. The third-order valence-corrected chi connectivity index (χ3v) is 2.45. The number of methoxy groups -OCH3 is 1. The highest BCUT2D eigenvalue weighted by molar-refractivity contribution is 5.30. The summed E-state index contributed by atoms with van der Waals surface area (Å²) in [5, 5.41) is 7.76. The number of rotatable bonds is 6. The summed E-state index contributed by atoms with van der Waals surface area (Å²) in [5.74, 6) is 0. The van der Waals surface area contributed by atoms with Gasteiger partial charge in [-0.15, -0.1) is 0 Å². The summed E-state index contributed by atoms with van der Waals surface area (Å²) in [4.78, 5) is 0. The molecule has 1 heterocycles. The predicted molar refractivity (Wildman–Crippen MR) is 67.1 cm³/mol. The molecule has 2 aromatic rings. The van der Waals surface area contributed by atoms with E-state index in [1.165, 1.54) is 0 Å². The van der Waals surface area contributed by atoms with E-state index >= 15 is 0 Å². The average Bonchev–Trinajstić information content (AvgIpc) is 2.85. The van der Waals surface area contributed by atoms with Gasteiger partial charge in [-0.1, -0.05) is 18.2 Å². The van der Waals surface area contributed by atoms with E-state index in [-0.39, 0.29) is 0 Å². The van der Waals surface area contributed by atoms with E-state index in [1.54, 1.807) is 7.11 Å². The van der Waals surface area contributed by atoms with Crippen molar-refractivity contribution in [3.05, 3.63) is 48.3 Å². The molecular formula is C13H17N3O. The summed E-state index contributed by atoms with van der Waals surface area (Å²) in [6, 6.07) is 12.1. The van der Waals surface area contributed by atoms with Crippen molar-refractivity contribution >= 4 is 0 Å². The maximum atomic E-state index is 4.97. The van der Waals surface area contributed by atoms with Gasteiger partial charge in [0.1, 0.15) is 0 Å². The number of ether oxygens (including phenoxy) is 1. The second kappa shape index (κ2) is 6.18. The van der Waals surface area contributed by atoms with Gasteiger partial charge in [0.05, 0.1) is 18.0 Å². The van der Waals surface area contributed by atoms with Crippen molar-refractivity contribution in [1.82, 2.24) is 15.1 Å². The molecule has 4 heteroatoms. The molecule has 0 fully saturated rings. The van der Waals surface area contributed by atoms with Crippen LogP contribution in [0.15, 0.2) is 42.6 Å². The second-order valence-electron chi connectivity index (χ2n) is 3.76. The van der Waals surface area contributed by atoms with Crippen LogP contribution in [0.2, 0.25) is 0 Å². The van der Waals surface area contributed by atoms with Crippen LogP contribution < -0.4 is 5.32 Å². The van der Waals surface area contributed by atoms with Crippen LogP contribution in [0, 0.1) is 0 Å². The monoisotopic (exact) mass is 231 g/mol. The smallest absolute Gasteiger partial charge is 0.0766 e. The van der Waals surface area contributed by atoms with Gasteiger partial charge in [-0.3, -0.25) is 0 Å². The van der Waals surface area contributed by atoms with Crippen LogP contribution in [-0.2, 0) is 11.3 Å². The van der Waals surface area contributed by atoms with Crippen LogP contribution in [0.4, 0.5) is 0 Å². The Kier molecular flexibility index (Phi) is 4.30. The number of hydrogen-bond donors (Lipinski definition) is 1. The number of aromatic nitrogens is 2. The number of para-hydroxylation sites is 1. The highest BCUT2D eigenvalue weighted by Gasteiger charge is 1.99. The van der Waals surface area contributed by atoms with Gasteiger partial charge >= 0.3 is 0 Å². The van der Waals surface area contributed by atoms with Crippen LogP contribution in [0.25, 0.3) is 5.69 Å². The molecule has 1 N–H and O–H groups in total. The number of hydrogen-bond acceptors (Lipinski definition) is 3. The zero-order valence-electron chi connectivity index (χ0n) is 9.97. The third kappa shape index (κ3) is 3.41. The first-order chi connectivity index (χ1) is 8.40. The van der Waals surface area contributed by atoms with Crippen LogP contribution in [-0.4, -0.2) is 30.0 Å². The summed E-state index contributed by atoms with van der Waals surface area (Å²) in [5.41, 5.74) is 2.11. The first-order valence-corrected chi connectivity index (χ1v) is 5.70. The SMILES string of the molecule is COCCNCc1ccn(-c2ccccc2)n1. The molecule has 0 bridgehead atoms. The van der Waals surface area contributed by atoms with Crippen molar-refractivity contribution in [2.45, 2.75) is 6.54 Å². The lowest BCUT2D eigenvalue weighted by atomic mass is 10.3. The van der Waals surface area contributed by atoms with Crippen molar-refractivity contribution in [3.63, 3.8) is 0 Å². The van der Waals surface area contributed by atoms with Gasteiger partial charge in [0, 0.05) is 26.4 Å². The molecule has 0 radical (unpaired) electrons. The topological polar surface area (TPSA) is 39.1 Å². The Hall–Kier alpha value is -1.65. The minimum Gasteiger partial charge on any atom is -0.383 e. The van der Waals surface area contributed by atoms with Gasteiger partial charge in [0.25, 0.3) is 0 Å². The molecule has 0 saturated carbocycles. The lowest BCUT2D eigenvalue weighted by Gasteiger charge is -2.02. The van der Waals surface area contributed by atoms with Crippen LogP contribution in [0.1, 0.15) is 5.69 Å². The Labute approximate surface area is 101 Å². The molecule has 0 unspecified atom stereocenters. The Morgan fingerprint density at radius 2 is 2.06 bits per heavy atom. The molecule has 0 spiro atoms. The molecule has 2 rings (SSSR count). The summed E-state index contributed by atoms with van der Waals surface area (Å²) in [6.07, 6.45) is 1.97. The molecule has 90 valence electrons. The molecule has 0 aliphatic carbocycles. The van der Waals surface area contributed by atoms with Crippen LogP contribution in [0.3, 0.4) is 0 Å². The average molecular weight is 231 g/mol. The first-order valence-electron chi connectivity index (χ1n) is 5.70. The largest absolute Gasteiger partial charge is 0.383 e. The number of benzene rings is 1. The molecule has 17 heavy (non-hydrogen) atoms. The molecule has 0 aliphatic rings. The maximum Gasteiger partial charge on any atom is 0.0766 e. The molecule has 1 aromatic heterocycles. The fourth-order valence-corrected chi connectivity index (χ4v) is 1.57. The molecule has 1 aromatic carbocycles. The Morgan fingerprint density at radius 1 is 1.24 bits per heavy atom. The molecule has 4 nitrogen and oxygen atoms in total. The van der Waals surface area contributed by atoms with E-state index in [4.69, 9.17) is 4.74 Å². The molecule has 0 aliphatic heterocycles. The van der Waals surface area contributed by atoms with Crippen molar-refractivity contribution in [2.75, 3.05) is 20.3 Å². The fourth-order valence-electron chi connectivity index (χ4n) is 1.57. The fraction of sp³-hybridized carbons (Fsp3) is 0.308. The Morgan fingerprint density at radius 3 is 2.82 bits per heavy atom. The Bertz CT molecular complexity index is 439. The van der Waals surface area contributed by atoms with E-state index in [0.717, 1.165) is 31.1 Å². The zero-order valence-corrected chi connectivity index (χ0v) is 9.97. The lowest BCUT2D eigenvalue weighted by Crippen LogP contribution is -2.18. The summed E-state index contributed by atoms with van der Waals surface area (Å²) in [6.45, 7) is 2.33. The van der Waals surface area contributed by atoms with Crippen molar-refractivity contribution in [2.24, 2.45) is 0 Å². The lowest BCUT2D eigenvalue weighted by molar-refractivity contribution is 0.199. The van der Waals surface area contributed by atoms with Crippen molar-refractivity contribution in [1.29, 1.82) is 0 Å². The van der Waals surface area contributed by atoms with Gasteiger partial charge in [-0.2, -0.15) is 5.10 Å². The van der Waals surface area contributed by atoms with E-state index < -0.39 is 0 Å². The third-order valence-electron chi connectivity index (χ3n) is 2.45. The van der Waals surface area contributed by atoms with Gasteiger partial charge in [-0.05, 0) is 18.2 Å². The highest BCUT2D eigenvalue weighted by Crippen LogP contribution is 2.06. The van der Waals surface area contributed by atoms with Crippen LogP contribution >= 0.6 is 0 Å². The first kappa shape index (κ1) is 11.8. The van der Waals surface area contributed by atoms with Gasteiger partial charge < -0.3 is 10.1 Å². The van der Waals surface area contributed by atoms with Crippen molar-refractivity contribution in [3.8, 4) is 5.69 Å². The van der Waals surface area contributed by atoms with Gasteiger partial charge in [0.15, 0.2) is 0 Å². The summed E-state index contributed by atoms with van der Waals surface area (Å²) >= 11 is 0. The van der Waals surface area contributed by atoms with Crippen LogP contribution in [0.5, 0.6) is 0 Å². The normalized spacial score (nSPS) is 10.6. The molecule has 0 atom stereocenters. The molecule has 0 amide bonds. The minimum absolute atomic E-state index is 0.722. The van der Waals surface area contributed by atoms with Crippen molar-refractivity contribution < 1.29 is 4.74 Å². The summed E-state index contributed by atoms with van der Waals surface area (Å²) in [7, 11) is 1.70. The van der Waals surface area contributed by atoms with E-state index in [1.807, 2.05) is 47.3 Å². The molecular weight excluding hydrogens is 214 g/mol. The highest BCUT2D eigenvalue weighted by atomic mass is 16.5. The second-order valence-corrected chi connectivity index (χ2v) is 3.76. The zero-order chi connectivity index (χ0) is 11.9. The summed E-state index contributed by atoms with van der Waals surface area (Å²) < 4.78 is 6.85. The standard InChI is InChI=1S/C13H17N3O/c1-17-10-8-14-11-12-7-9-16(15-12)13-5-3-2-4-6-13/h2-7,9,14H,8,10-11H2,1H3. The quantitative estimate of drug-likeness (QED) is 0.768. The minimum atomic E-state index is 0.722. The van der Waals surface area contributed by atoms with E-state index in [2.05, 4.69) is 10.4 Å². The van der Waals surface area contributed by atoms with Gasteiger partial charge in [0.2, 0.25) is 0 Å². The maximum absolute atomic E-state index is 4.97. The predicted octanol–water partition coefficient (Wildman–Crippen LogP) is 1.61. The van der Waals surface area contributed by atoms with E-state index in [0.29, 0.717) is 0 Å².